The van der Waals surface area contributed by atoms with Crippen molar-refractivity contribution in [1.29, 1.82) is 0 Å². The summed E-state index contributed by atoms with van der Waals surface area (Å²) in [6, 6.07) is 15.7. The minimum atomic E-state index is -5.94. The lowest BCUT2D eigenvalue weighted by Gasteiger charge is -2.33. The first-order valence-electron chi connectivity index (χ1n) is 15.3. The highest BCUT2D eigenvalue weighted by molar-refractivity contribution is 7.92. The molecule has 3 aromatic carbocycles. The van der Waals surface area contributed by atoms with Crippen LogP contribution in [0, 0.1) is 0 Å². The molecule has 0 atom stereocenters. The molecule has 9 nitrogen and oxygen atoms in total. The van der Waals surface area contributed by atoms with Gasteiger partial charge in [0.2, 0.25) is 0 Å². The summed E-state index contributed by atoms with van der Waals surface area (Å²) in [6.45, 7) is 2.54. The van der Waals surface area contributed by atoms with Crippen LogP contribution in [0.2, 0.25) is 0 Å². The van der Waals surface area contributed by atoms with E-state index in [4.69, 9.17) is 11.5 Å². The fourth-order valence-electron chi connectivity index (χ4n) is 5.78. The van der Waals surface area contributed by atoms with E-state index in [0.29, 0.717) is 72.7 Å². The first kappa shape index (κ1) is 38.4. The van der Waals surface area contributed by atoms with Gasteiger partial charge in [-0.1, -0.05) is 24.3 Å². The Morgan fingerprint density at radius 1 is 0.653 bits per heavy atom. The second kappa shape index (κ2) is 14.8. The number of nitrogens with one attached hydrogen (secondary N) is 1. The SMILES string of the molecule is Nc1ccc(S(=O)(=O)C2CCN(Cc3ccc(C(O)(C(F)(F)F)C(F)(F)F)cc3)CC2)cc1.Nc1ccc(S(=O)(=O)C2CCNCC2)cc1. The molecule has 0 aromatic heterocycles. The number of nitrogens with two attached hydrogens (primary N) is 2. The van der Waals surface area contributed by atoms with Crippen LogP contribution in [0.5, 0.6) is 0 Å². The summed E-state index contributed by atoms with van der Waals surface area (Å²) in [4.78, 5) is 2.42. The largest absolute Gasteiger partial charge is 0.430 e. The Hall–Kier alpha value is -3.38. The molecule has 17 heteroatoms. The number of nitrogen functional groups attached to an aromatic ring is 2. The maximum absolute atomic E-state index is 13.0. The summed E-state index contributed by atoms with van der Waals surface area (Å²) in [6.07, 6.45) is -9.85. The summed E-state index contributed by atoms with van der Waals surface area (Å²) in [5, 5.41) is 11.8. The van der Waals surface area contributed by atoms with Crippen LogP contribution in [0.3, 0.4) is 0 Å². The van der Waals surface area contributed by atoms with Gasteiger partial charge in [0.1, 0.15) is 0 Å². The Labute approximate surface area is 281 Å². The third kappa shape index (κ3) is 8.68. The van der Waals surface area contributed by atoms with E-state index in [1.165, 1.54) is 24.3 Å². The lowest BCUT2D eigenvalue weighted by atomic mass is 9.91. The van der Waals surface area contributed by atoms with Crippen molar-refractivity contribution in [3.05, 3.63) is 83.9 Å². The van der Waals surface area contributed by atoms with Gasteiger partial charge in [0, 0.05) is 23.5 Å². The zero-order chi connectivity index (χ0) is 36.3. The van der Waals surface area contributed by atoms with Crippen LogP contribution in [0.15, 0.2) is 82.6 Å². The maximum atomic E-state index is 13.0. The first-order chi connectivity index (χ1) is 22.8. The molecule has 0 amide bonds. The molecule has 2 saturated heterocycles. The van der Waals surface area contributed by atoms with Crippen LogP contribution in [-0.2, 0) is 31.8 Å². The van der Waals surface area contributed by atoms with E-state index in [0.717, 1.165) is 25.2 Å². The van der Waals surface area contributed by atoms with Crippen molar-refractivity contribution in [3.8, 4) is 0 Å². The van der Waals surface area contributed by atoms with Crippen molar-refractivity contribution in [2.24, 2.45) is 0 Å². The van der Waals surface area contributed by atoms with E-state index in [1.54, 1.807) is 24.3 Å². The second-order valence-electron chi connectivity index (χ2n) is 12.1. The highest BCUT2D eigenvalue weighted by Gasteiger charge is 2.71. The van der Waals surface area contributed by atoms with E-state index in [1.807, 2.05) is 4.90 Å². The molecule has 2 fully saturated rings. The Morgan fingerprint density at radius 2 is 1.04 bits per heavy atom. The molecular weight excluding hydrogens is 698 g/mol. The van der Waals surface area contributed by atoms with Gasteiger partial charge in [0.15, 0.2) is 19.7 Å². The van der Waals surface area contributed by atoms with Gasteiger partial charge in [0.05, 0.1) is 20.3 Å². The van der Waals surface area contributed by atoms with Gasteiger partial charge in [-0.25, -0.2) is 16.8 Å². The van der Waals surface area contributed by atoms with E-state index in [-0.39, 0.29) is 16.7 Å². The number of hydrogen-bond acceptors (Lipinski definition) is 9. The number of anilines is 2. The molecule has 2 heterocycles. The topological polar surface area (TPSA) is 156 Å². The molecule has 270 valence electrons. The molecule has 0 aliphatic carbocycles. The number of halogens is 6. The Morgan fingerprint density at radius 3 is 1.43 bits per heavy atom. The second-order valence-corrected chi connectivity index (χ2v) is 16.5. The standard InChI is InChI=1S/C21H22F6N2O3S.C11H16N2O2S/c22-20(23,24)19(30,21(25,26)27)15-3-1-14(2-4-15)13-29-11-9-18(10-12-29)33(31,32)17-7-5-16(28)6-8-17;12-9-1-3-10(4-2-9)16(14,15)11-5-7-13-8-6-11/h1-8,18,30H,9-13,28H2;1-4,11,13H,5-8,12H2. The fourth-order valence-corrected chi connectivity index (χ4v) is 9.27. The van der Waals surface area contributed by atoms with Crippen LogP contribution in [-0.4, -0.2) is 75.9 Å². The van der Waals surface area contributed by atoms with Crippen LogP contribution in [0.25, 0.3) is 0 Å². The smallest absolute Gasteiger partial charge is 0.399 e. The van der Waals surface area contributed by atoms with Gasteiger partial charge in [-0.15, -0.1) is 0 Å². The molecule has 2 aliphatic rings. The van der Waals surface area contributed by atoms with Crippen molar-refractivity contribution in [2.75, 3.05) is 37.6 Å². The number of aliphatic hydroxyl groups is 1. The number of piperidine rings is 2. The predicted molar refractivity (Wildman–Crippen MR) is 173 cm³/mol. The Kier molecular flexibility index (Phi) is 11.6. The average Bonchev–Trinajstić information content (AvgIpc) is 3.05. The van der Waals surface area contributed by atoms with Crippen molar-refractivity contribution < 1.29 is 48.3 Å². The van der Waals surface area contributed by atoms with E-state index < -0.39 is 48.4 Å². The molecule has 0 unspecified atom stereocenters. The van der Waals surface area contributed by atoms with Gasteiger partial charge in [0.25, 0.3) is 5.60 Å². The summed E-state index contributed by atoms with van der Waals surface area (Å²) < 4.78 is 128. The predicted octanol–water partition coefficient (Wildman–Crippen LogP) is 4.81. The minimum Gasteiger partial charge on any atom is -0.399 e. The van der Waals surface area contributed by atoms with Crippen LogP contribution >= 0.6 is 0 Å². The molecule has 5 rings (SSSR count). The number of sulfone groups is 2. The zero-order valence-electron chi connectivity index (χ0n) is 26.2. The summed E-state index contributed by atoms with van der Waals surface area (Å²) in [7, 11) is -6.72. The lowest BCUT2D eigenvalue weighted by Crippen LogP contribution is -2.53. The molecule has 3 aromatic rings. The van der Waals surface area contributed by atoms with Crippen molar-refractivity contribution >= 4 is 31.0 Å². The van der Waals surface area contributed by atoms with Gasteiger partial charge in [-0.05, 0) is 106 Å². The van der Waals surface area contributed by atoms with Gasteiger partial charge < -0.3 is 21.9 Å². The monoisotopic (exact) mass is 736 g/mol. The third-order valence-electron chi connectivity index (χ3n) is 8.71. The van der Waals surface area contributed by atoms with Crippen LogP contribution in [0.1, 0.15) is 36.8 Å². The minimum absolute atomic E-state index is 0.174. The number of nitrogens with zero attached hydrogens (tertiary/aromatic N) is 1. The Bertz CT molecular complexity index is 1740. The van der Waals surface area contributed by atoms with Crippen LogP contribution in [0.4, 0.5) is 37.7 Å². The summed E-state index contributed by atoms with van der Waals surface area (Å²) >= 11 is 0. The first-order valence-corrected chi connectivity index (χ1v) is 18.4. The highest BCUT2D eigenvalue weighted by atomic mass is 32.2. The molecule has 2 aliphatic heterocycles. The fraction of sp³-hybridized carbons (Fsp3) is 0.438. The van der Waals surface area contributed by atoms with Crippen molar-refractivity contribution in [1.82, 2.24) is 10.2 Å². The van der Waals surface area contributed by atoms with Gasteiger partial charge in [-0.3, -0.25) is 4.90 Å². The molecule has 49 heavy (non-hydrogen) atoms. The zero-order valence-corrected chi connectivity index (χ0v) is 27.8. The molecule has 0 bridgehead atoms. The molecule has 6 N–H and O–H groups in total. The lowest BCUT2D eigenvalue weighted by molar-refractivity contribution is -0.376. The van der Waals surface area contributed by atoms with Gasteiger partial charge >= 0.3 is 12.4 Å². The number of rotatable bonds is 7. The number of benzene rings is 3. The van der Waals surface area contributed by atoms with Crippen molar-refractivity contribution in [2.45, 2.75) is 70.5 Å². The average molecular weight is 737 g/mol. The number of hydrogen-bond donors (Lipinski definition) is 4. The van der Waals surface area contributed by atoms with Crippen molar-refractivity contribution in [3.63, 3.8) is 0 Å². The molecule has 0 spiro atoms. The number of likely N-dealkylation sites (tertiary alicyclic amines) is 1. The summed E-state index contributed by atoms with van der Waals surface area (Å²) in [5.74, 6) is 0. The Balaban J connectivity index is 0.000000281. The highest BCUT2D eigenvalue weighted by Crippen LogP contribution is 2.50. The van der Waals surface area contributed by atoms with Crippen LogP contribution < -0.4 is 16.8 Å². The summed E-state index contributed by atoms with van der Waals surface area (Å²) in [5.41, 5.74) is 6.31. The van der Waals surface area contributed by atoms with E-state index in [2.05, 4.69) is 5.32 Å². The van der Waals surface area contributed by atoms with E-state index in [9.17, 15) is 48.3 Å². The molecular formula is C32H38F6N4O5S2. The van der Waals surface area contributed by atoms with E-state index >= 15 is 0 Å². The number of alkyl halides is 6. The maximum Gasteiger partial charge on any atom is 0.430 e. The van der Waals surface area contributed by atoms with Gasteiger partial charge in [-0.2, -0.15) is 26.3 Å². The third-order valence-corrected chi connectivity index (χ3v) is 13.3. The quantitative estimate of drug-likeness (QED) is 0.198. The molecule has 0 saturated carbocycles. The normalized spacial score (nSPS) is 17.7. The molecule has 0 radical (unpaired) electrons.